The summed E-state index contributed by atoms with van der Waals surface area (Å²) in [5, 5.41) is 4.36. The van der Waals surface area contributed by atoms with Crippen molar-refractivity contribution >= 4 is 46.6 Å². The lowest BCUT2D eigenvalue weighted by Crippen LogP contribution is -2.50. The molecule has 0 unspecified atom stereocenters. The zero-order valence-electron chi connectivity index (χ0n) is 17.7. The number of nitrogens with zero attached hydrogens (tertiary/aromatic N) is 1. The number of hydrogen-bond donors (Lipinski definition) is 1. The highest BCUT2D eigenvalue weighted by molar-refractivity contribution is 6.35. The van der Waals surface area contributed by atoms with Crippen LogP contribution in [0.4, 0.5) is 0 Å². The van der Waals surface area contributed by atoms with Gasteiger partial charge >= 0.3 is 0 Å². The van der Waals surface area contributed by atoms with E-state index in [1.54, 1.807) is 42.5 Å². The second-order valence-electron chi connectivity index (χ2n) is 7.07. The molecule has 5 nitrogen and oxygen atoms in total. The van der Waals surface area contributed by atoms with E-state index in [0.29, 0.717) is 39.3 Å². The van der Waals surface area contributed by atoms with Crippen LogP contribution in [0.2, 0.25) is 15.1 Å². The molecule has 2 aromatic carbocycles. The molecule has 2 aromatic rings. The van der Waals surface area contributed by atoms with Gasteiger partial charge in [-0.15, -0.1) is 0 Å². The quantitative estimate of drug-likeness (QED) is 0.412. The van der Waals surface area contributed by atoms with Crippen molar-refractivity contribution in [3.8, 4) is 5.75 Å². The summed E-state index contributed by atoms with van der Waals surface area (Å²) in [6.07, 6.45) is 2.29. The van der Waals surface area contributed by atoms with Crippen molar-refractivity contribution in [3.63, 3.8) is 0 Å². The van der Waals surface area contributed by atoms with E-state index in [-0.39, 0.29) is 25.0 Å². The van der Waals surface area contributed by atoms with Crippen LogP contribution in [-0.2, 0) is 16.1 Å². The third-order valence-electron chi connectivity index (χ3n) is 4.73. The van der Waals surface area contributed by atoms with Crippen LogP contribution in [0.15, 0.2) is 42.5 Å². The molecule has 0 aliphatic rings. The van der Waals surface area contributed by atoms with E-state index in [1.807, 2.05) is 6.92 Å². The van der Waals surface area contributed by atoms with Crippen LogP contribution < -0.4 is 10.1 Å². The van der Waals surface area contributed by atoms with Crippen molar-refractivity contribution < 1.29 is 14.3 Å². The second-order valence-corrected chi connectivity index (χ2v) is 8.35. The summed E-state index contributed by atoms with van der Waals surface area (Å²) in [5.74, 6) is -0.0496. The van der Waals surface area contributed by atoms with E-state index >= 15 is 0 Å². The van der Waals surface area contributed by atoms with E-state index < -0.39 is 6.04 Å². The van der Waals surface area contributed by atoms with Crippen molar-refractivity contribution in [3.05, 3.63) is 63.1 Å². The zero-order valence-corrected chi connectivity index (χ0v) is 19.9. The molecule has 168 valence electrons. The number of amides is 2. The monoisotopic (exact) mass is 484 g/mol. The fourth-order valence-corrected chi connectivity index (χ4v) is 3.69. The molecule has 0 bridgehead atoms. The van der Waals surface area contributed by atoms with Crippen LogP contribution in [0.3, 0.4) is 0 Å². The van der Waals surface area contributed by atoms with Gasteiger partial charge in [0.2, 0.25) is 5.91 Å². The van der Waals surface area contributed by atoms with Gasteiger partial charge in [-0.3, -0.25) is 9.59 Å². The Morgan fingerprint density at radius 1 is 1.06 bits per heavy atom. The molecule has 0 saturated carbocycles. The van der Waals surface area contributed by atoms with Gasteiger partial charge < -0.3 is 15.0 Å². The van der Waals surface area contributed by atoms with Crippen molar-refractivity contribution in [1.29, 1.82) is 0 Å². The number of halogens is 3. The zero-order chi connectivity index (χ0) is 22.8. The average Bonchev–Trinajstić information content (AvgIpc) is 2.73. The topological polar surface area (TPSA) is 58.6 Å². The minimum absolute atomic E-state index is 0.160. The van der Waals surface area contributed by atoms with Gasteiger partial charge in [-0.2, -0.15) is 0 Å². The van der Waals surface area contributed by atoms with Gasteiger partial charge in [0, 0.05) is 28.2 Å². The Kier molecular flexibility index (Phi) is 10.4. The second kappa shape index (κ2) is 12.8. The first-order valence-corrected chi connectivity index (χ1v) is 11.4. The summed E-state index contributed by atoms with van der Waals surface area (Å²) in [6.45, 7) is 4.41. The van der Waals surface area contributed by atoms with E-state index in [4.69, 9.17) is 39.5 Å². The molecular formula is C23H27Cl3N2O3. The number of carbonyl (C=O) groups excluding carboxylic acids is 2. The van der Waals surface area contributed by atoms with Crippen LogP contribution in [0.1, 0.15) is 38.7 Å². The van der Waals surface area contributed by atoms with Gasteiger partial charge in [-0.05, 0) is 48.7 Å². The fraction of sp³-hybridized carbons (Fsp3) is 0.391. The molecule has 31 heavy (non-hydrogen) atoms. The highest BCUT2D eigenvalue weighted by Crippen LogP contribution is 2.24. The third-order valence-corrected chi connectivity index (χ3v) is 5.55. The van der Waals surface area contributed by atoms with E-state index in [2.05, 4.69) is 12.2 Å². The first-order chi connectivity index (χ1) is 14.8. The van der Waals surface area contributed by atoms with Gasteiger partial charge in [0.15, 0.2) is 6.61 Å². The fourth-order valence-electron chi connectivity index (χ4n) is 3.04. The van der Waals surface area contributed by atoms with Gasteiger partial charge in [0.1, 0.15) is 11.8 Å². The number of benzene rings is 2. The average molecular weight is 486 g/mol. The highest BCUT2D eigenvalue weighted by atomic mass is 35.5. The van der Waals surface area contributed by atoms with Crippen molar-refractivity contribution in [2.24, 2.45) is 0 Å². The van der Waals surface area contributed by atoms with Gasteiger partial charge in [0.25, 0.3) is 5.91 Å². The number of ether oxygens (including phenoxy) is 1. The molecule has 0 aliphatic carbocycles. The maximum atomic E-state index is 13.1. The molecule has 0 saturated heterocycles. The van der Waals surface area contributed by atoms with Crippen LogP contribution >= 0.6 is 34.8 Å². The Balaban J connectivity index is 2.22. The third kappa shape index (κ3) is 7.91. The minimum Gasteiger partial charge on any atom is -0.484 e. The first kappa shape index (κ1) is 25.3. The predicted octanol–water partition coefficient (Wildman–Crippen LogP) is 5.75. The molecule has 8 heteroatoms. The number of unbranched alkanes of at least 4 members (excludes halogenated alkanes) is 1. The molecule has 0 fully saturated rings. The number of carbonyl (C=O) groups is 2. The van der Waals surface area contributed by atoms with Crippen molar-refractivity contribution in [2.75, 3.05) is 13.2 Å². The molecule has 2 rings (SSSR count). The largest absolute Gasteiger partial charge is 0.484 e. The summed E-state index contributed by atoms with van der Waals surface area (Å²) >= 11 is 18.3. The van der Waals surface area contributed by atoms with E-state index in [0.717, 1.165) is 12.8 Å². The lowest BCUT2D eigenvalue weighted by molar-refractivity contribution is -0.143. The summed E-state index contributed by atoms with van der Waals surface area (Å²) in [5.41, 5.74) is 0.696. The number of nitrogens with one attached hydrogen (secondary N) is 1. The maximum Gasteiger partial charge on any atom is 0.261 e. The van der Waals surface area contributed by atoms with Crippen LogP contribution in [0, 0.1) is 0 Å². The standard InChI is InChI=1S/C23H27Cl3N2O3/c1-3-5-11-27-23(30)21(4-2)28(14-16-9-10-18(25)13-20(16)26)22(29)15-31-19-8-6-7-17(24)12-19/h6-10,12-13,21H,3-5,11,14-15H2,1-2H3,(H,27,30)/t21-/m1/s1. The molecule has 1 N–H and O–H groups in total. The summed E-state index contributed by atoms with van der Waals surface area (Å²) < 4.78 is 5.63. The van der Waals surface area contributed by atoms with Crippen molar-refractivity contribution in [1.82, 2.24) is 10.2 Å². The van der Waals surface area contributed by atoms with Gasteiger partial charge in [-0.1, -0.05) is 67.2 Å². The first-order valence-electron chi connectivity index (χ1n) is 10.2. The molecule has 0 heterocycles. The summed E-state index contributed by atoms with van der Waals surface area (Å²) in [7, 11) is 0. The molecule has 0 spiro atoms. The maximum absolute atomic E-state index is 13.1. The molecule has 2 amide bonds. The van der Waals surface area contributed by atoms with Crippen LogP contribution in [0.5, 0.6) is 5.75 Å². The highest BCUT2D eigenvalue weighted by Gasteiger charge is 2.29. The normalized spacial score (nSPS) is 11.6. The summed E-state index contributed by atoms with van der Waals surface area (Å²) in [4.78, 5) is 27.5. The van der Waals surface area contributed by atoms with Gasteiger partial charge in [0.05, 0.1) is 0 Å². The Bertz CT molecular complexity index is 892. The Hall–Kier alpha value is -1.95. The predicted molar refractivity (Wildman–Crippen MR) is 126 cm³/mol. The van der Waals surface area contributed by atoms with Crippen LogP contribution in [0.25, 0.3) is 0 Å². The molecule has 1 atom stereocenters. The minimum atomic E-state index is -0.654. The lowest BCUT2D eigenvalue weighted by Gasteiger charge is -2.31. The Morgan fingerprint density at radius 2 is 1.81 bits per heavy atom. The SMILES string of the molecule is CCCCNC(=O)[C@@H](CC)N(Cc1ccc(Cl)cc1Cl)C(=O)COc1cccc(Cl)c1. The Morgan fingerprint density at radius 3 is 2.45 bits per heavy atom. The molecule has 0 radical (unpaired) electrons. The smallest absolute Gasteiger partial charge is 0.261 e. The molecule has 0 aliphatic heterocycles. The number of rotatable bonds is 11. The molecular weight excluding hydrogens is 459 g/mol. The molecule has 0 aromatic heterocycles. The lowest BCUT2D eigenvalue weighted by atomic mass is 10.1. The van der Waals surface area contributed by atoms with Crippen molar-refractivity contribution in [2.45, 2.75) is 45.7 Å². The van der Waals surface area contributed by atoms with E-state index in [1.165, 1.54) is 4.90 Å². The number of hydrogen-bond acceptors (Lipinski definition) is 3. The van der Waals surface area contributed by atoms with E-state index in [9.17, 15) is 9.59 Å². The van der Waals surface area contributed by atoms with Crippen LogP contribution in [-0.4, -0.2) is 35.9 Å². The summed E-state index contributed by atoms with van der Waals surface area (Å²) in [6, 6.07) is 11.2. The van der Waals surface area contributed by atoms with Gasteiger partial charge in [-0.25, -0.2) is 0 Å². The Labute approximate surface area is 198 Å².